The molecule has 3 rings (SSSR count). The van der Waals surface area contributed by atoms with Crippen molar-refractivity contribution >= 4 is 44.6 Å². The molecule has 2 aromatic rings. The monoisotopic (exact) mass is 385 g/mol. The highest BCUT2D eigenvalue weighted by molar-refractivity contribution is 9.11. The van der Waals surface area contributed by atoms with Gasteiger partial charge in [-0.3, -0.25) is 9.69 Å². The highest BCUT2D eigenvalue weighted by atomic mass is 79.9. The lowest BCUT2D eigenvalue weighted by Crippen LogP contribution is -2.40. The van der Waals surface area contributed by atoms with E-state index < -0.39 is 5.97 Å². The largest absolute Gasteiger partial charge is 0.481 e. The Morgan fingerprint density at radius 2 is 2.29 bits per heavy atom. The molecule has 0 spiro atoms. The molecule has 0 aromatic carbocycles. The molecule has 1 saturated heterocycles. The van der Waals surface area contributed by atoms with Crippen LogP contribution in [0.1, 0.15) is 29.3 Å². The smallest absolute Gasteiger partial charge is 0.307 e. The first-order valence-electron chi connectivity index (χ1n) is 6.89. The molecule has 112 valence electrons. The number of carbonyl (C=O) groups is 1. The van der Waals surface area contributed by atoms with Crippen LogP contribution >= 0.6 is 38.6 Å². The Balaban J connectivity index is 1.90. The zero-order chi connectivity index (χ0) is 14.8. The Kier molecular flexibility index (Phi) is 4.78. The van der Waals surface area contributed by atoms with Crippen LogP contribution in [-0.4, -0.2) is 29.1 Å². The SMILES string of the molecule is O=C(O)C1CCCN(C(c2ccsc2)c2ccc(Br)s2)C1. The summed E-state index contributed by atoms with van der Waals surface area (Å²) >= 11 is 6.95. The fourth-order valence-corrected chi connectivity index (χ4v) is 5.17. The van der Waals surface area contributed by atoms with E-state index in [0.717, 1.165) is 23.2 Å². The number of carboxylic acid groups (broad SMARTS) is 1. The van der Waals surface area contributed by atoms with E-state index in [1.54, 1.807) is 22.7 Å². The van der Waals surface area contributed by atoms with E-state index in [2.05, 4.69) is 49.8 Å². The van der Waals surface area contributed by atoms with Crippen LogP contribution in [0.2, 0.25) is 0 Å². The molecule has 1 aliphatic rings. The summed E-state index contributed by atoms with van der Waals surface area (Å²) in [6.45, 7) is 1.59. The van der Waals surface area contributed by atoms with E-state index >= 15 is 0 Å². The predicted molar refractivity (Wildman–Crippen MR) is 90.1 cm³/mol. The summed E-state index contributed by atoms with van der Waals surface area (Å²) in [7, 11) is 0. The molecule has 2 atom stereocenters. The number of likely N-dealkylation sites (tertiary alicyclic amines) is 1. The van der Waals surface area contributed by atoms with Gasteiger partial charge in [0.1, 0.15) is 0 Å². The van der Waals surface area contributed by atoms with Gasteiger partial charge in [-0.1, -0.05) is 0 Å². The minimum absolute atomic E-state index is 0.176. The molecular weight excluding hydrogens is 370 g/mol. The molecule has 1 aliphatic heterocycles. The molecule has 1 N–H and O–H groups in total. The molecule has 2 unspecified atom stereocenters. The van der Waals surface area contributed by atoms with E-state index in [4.69, 9.17) is 0 Å². The lowest BCUT2D eigenvalue weighted by Gasteiger charge is -2.36. The van der Waals surface area contributed by atoms with Crippen molar-refractivity contribution in [3.05, 3.63) is 43.2 Å². The van der Waals surface area contributed by atoms with Gasteiger partial charge in [0.2, 0.25) is 0 Å². The summed E-state index contributed by atoms with van der Waals surface area (Å²) in [4.78, 5) is 14.9. The number of rotatable bonds is 4. The summed E-state index contributed by atoms with van der Waals surface area (Å²) in [5, 5.41) is 13.6. The van der Waals surface area contributed by atoms with Crippen LogP contribution in [0, 0.1) is 5.92 Å². The number of hydrogen-bond donors (Lipinski definition) is 1. The molecule has 3 heterocycles. The highest BCUT2D eigenvalue weighted by Crippen LogP contribution is 2.38. The standard InChI is InChI=1S/C15H16BrNO2S2/c16-13-4-3-12(21-13)14(11-5-7-20-9-11)17-6-1-2-10(8-17)15(18)19/h3-5,7,9-10,14H,1-2,6,8H2,(H,18,19). The van der Waals surface area contributed by atoms with Crippen LogP contribution in [-0.2, 0) is 4.79 Å². The molecular formula is C15H16BrNO2S2. The number of piperidine rings is 1. The molecule has 6 heteroatoms. The van der Waals surface area contributed by atoms with Gasteiger partial charge in [-0.05, 0) is 69.8 Å². The summed E-state index contributed by atoms with van der Waals surface area (Å²) in [5.74, 6) is -0.917. The van der Waals surface area contributed by atoms with Crippen molar-refractivity contribution in [1.29, 1.82) is 0 Å². The molecule has 0 amide bonds. The normalized spacial score (nSPS) is 21.3. The summed E-state index contributed by atoms with van der Waals surface area (Å²) < 4.78 is 1.12. The summed E-state index contributed by atoms with van der Waals surface area (Å²) in [6.07, 6.45) is 1.74. The predicted octanol–water partition coefficient (Wildman–Crippen LogP) is 4.46. The first kappa shape index (κ1) is 15.2. The summed E-state index contributed by atoms with van der Waals surface area (Å²) in [5.41, 5.74) is 1.26. The Hall–Kier alpha value is -0.690. The molecule has 3 nitrogen and oxygen atoms in total. The first-order valence-corrected chi connectivity index (χ1v) is 9.44. The zero-order valence-corrected chi connectivity index (χ0v) is 14.6. The van der Waals surface area contributed by atoms with Gasteiger partial charge in [0, 0.05) is 11.4 Å². The van der Waals surface area contributed by atoms with Crippen LogP contribution in [0.15, 0.2) is 32.7 Å². The van der Waals surface area contributed by atoms with Crippen molar-refractivity contribution in [3.8, 4) is 0 Å². The number of carboxylic acids is 1. The third-order valence-electron chi connectivity index (χ3n) is 3.89. The van der Waals surface area contributed by atoms with E-state index in [1.807, 2.05) is 0 Å². The Bertz CT molecular complexity index is 611. The minimum atomic E-state index is -0.670. The van der Waals surface area contributed by atoms with Crippen LogP contribution in [0.5, 0.6) is 0 Å². The highest BCUT2D eigenvalue weighted by Gasteiger charge is 2.32. The second kappa shape index (κ2) is 6.60. The maximum absolute atomic E-state index is 11.3. The molecule has 0 radical (unpaired) electrons. The Morgan fingerprint density at radius 1 is 1.43 bits per heavy atom. The number of nitrogens with zero attached hydrogens (tertiary/aromatic N) is 1. The molecule has 0 saturated carbocycles. The lowest BCUT2D eigenvalue weighted by atomic mass is 9.95. The van der Waals surface area contributed by atoms with Gasteiger partial charge in [-0.25, -0.2) is 0 Å². The van der Waals surface area contributed by atoms with Crippen LogP contribution in [0.4, 0.5) is 0 Å². The topological polar surface area (TPSA) is 40.5 Å². The van der Waals surface area contributed by atoms with Crippen LogP contribution in [0.25, 0.3) is 0 Å². The van der Waals surface area contributed by atoms with Crippen molar-refractivity contribution in [2.75, 3.05) is 13.1 Å². The number of thiophene rings is 2. The lowest BCUT2D eigenvalue weighted by molar-refractivity contribution is -0.143. The van der Waals surface area contributed by atoms with Crippen molar-refractivity contribution in [2.45, 2.75) is 18.9 Å². The maximum atomic E-state index is 11.3. The minimum Gasteiger partial charge on any atom is -0.481 e. The second-order valence-corrected chi connectivity index (χ2v) is 8.55. The Labute approximate surface area is 140 Å². The fourth-order valence-electron chi connectivity index (χ4n) is 2.90. The third kappa shape index (κ3) is 3.39. The van der Waals surface area contributed by atoms with Crippen LogP contribution in [0.3, 0.4) is 0 Å². The average Bonchev–Trinajstić information content (AvgIpc) is 3.12. The summed E-state index contributed by atoms with van der Waals surface area (Å²) in [6, 6.07) is 6.53. The van der Waals surface area contributed by atoms with Crippen LogP contribution < -0.4 is 0 Å². The molecule has 0 bridgehead atoms. The van der Waals surface area contributed by atoms with Gasteiger partial charge in [-0.2, -0.15) is 11.3 Å². The number of halogens is 1. The van der Waals surface area contributed by atoms with Gasteiger partial charge in [0.25, 0.3) is 0 Å². The number of hydrogen-bond acceptors (Lipinski definition) is 4. The fraction of sp³-hybridized carbons (Fsp3) is 0.400. The first-order chi connectivity index (χ1) is 10.1. The Morgan fingerprint density at radius 3 is 2.90 bits per heavy atom. The number of aliphatic carboxylic acids is 1. The van der Waals surface area contributed by atoms with E-state index in [0.29, 0.717) is 6.54 Å². The van der Waals surface area contributed by atoms with Crippen molar-refractivity contribution in [2.24, 2.45) is 5.92 Å². The van der Waals surface area contributed by atoms with Crippen molar-refractivity contribution in [1.82, 2.24) is 4.90 Å². The third-order valence-corrected chi connectivity index (χ3v) is 6.27. The average molecular weight is 386 g/mol. The second-order valence-electron chi connectivity index (χ2n) is 5.27. The quantitative estimate of drug-likeness (QED) is 0.844. The van der Waals surface area contributed by atoms with Gasteiger partial charge in [0.05, 0.1) is 15.7 Å². The van der Waals surface area contributed by atoms with E-state index in [-0.39, 0.29) is 12.0 Å². The van der Waals surface area contributed by atoms with Gasteiger partial charge >= 0.3 is 5.97 Å². The molecule has 21 heavy (non-hydrogen) atoms. The zero-order valence-electron chi connectivity index (χ0n) is 11.4. The molecule has 0 aliphatic carbocycles. The molecule has 1 fully saturated rings. The van der Waals surface area contributed by atoms with Crippen molar-refractivity contribution in [3.63, 3.8) is 0 Å². The van der Waals surface area contributed by atoms with Gasteiger partial charge in [-0.15, -0.1) is 11.3 Å². The van der Waals surface area contributed by atoms with Crippen molar-refractivity contribution < 1.29 is 9.90 Å². The van der Waals surface area contributed by atoms with Gasteiger partial charge < -0.3 is 5.11 Å². The van der Waals surface area contributed by atoms with E-state index in [9.17, 15) is 9.90 Å². The van der Waals surface area contributed by atoms with E-state index in [1.165, 1.54) is 10.4 Å². The molecule has 2 aromatic heterocycles. The maximum Gasteiger partial charge on any atom is 0.307 e. The van der Waals surface area contributed by atoms with Gasteiger partial charge in [0.15, 0.2) is 0 Å².